The molecule has 100 valence electrons. The molecule has 0 aliphatic rings. The third-order valence-electron chi connectivity index (χ3n) is 3.22. The Kier molecular flexibility index (Phi) is 4.70. The van der Waals surface area contributed by atoms with Crippen LogP contribution in [0, 0.1) is 0 Å². The van der Waals surface area contributed by atoms with E-state index in [2.05, 4.69) is 6.58 Å². The number of hydrogen-bond donors (Lipinski definition) is 3. The Morgan fingerprint density at radius 3 is 2.06 bits per heavy atom. The number of aliphatic carboxylic acids is 1. The lowest BCUT2D eigenvalue weighted by atomic mass is 9.88. The van der Waals surface area contributed by atoms with E-state index in [0.717, 1.165) is 0 Å². The van der Waals surface area contributed by atoms with Gasteiger partial charge in [-0.1, -0.05) is 6.08 Å². The molecule has 0 amide bonds. The van der Waals surface area contributed by atoms with E-state index in [1.807, 2.05) is 0 Å². The maximum Gasteiger partial charge on any atom is 0.367 e. The molecule has 0 radical (unpaired) electrons. The predicted molar refractivity (Wildman–Crippen MR) is 64.7 cm³/mol. The number of quaternary nitrogens is 1. The fourth-order valence-corrected chi connectivity index (χ4v) is 3.17. The molecule has 7 heteroatoms. The monoisotopic (exact) mass is 266 g/mol. The van der Waals surface area contributed by atoms with Gasteiger partial charge in [-0.05, 0) is 6.92 Å². The molecule has 0 fully saturated rings. The van der Waals surface area contributed by atoms with E-state index in [9.17, 15) is 24.3 Å². The minimum absolute atomic E-state index is 0.0158. The van der Waals surface area contributed by atoms with Crippen LogP contribution in [0.4, 0.5) is 0 Å². The molecule has 0 aromatic rings. The van der Waals surface area contributed by atoms with Crippen molar-refractivity contribution in [3.05, 3.63) is 12.7 Å². The molecule has 0 aromatic heterocycles. The molecule has 0 bridgehead atoms. The first kappa shape index (κ1) is 16.3. The Labute approximate surface area is 101 Å². The molecular formula is C10H21NO5P+. The fraction of sp³-hybridized carbons (Fsp3) is 0.700. The number of hydrogen-bond acceptors (Lipinski definition) is 2. The van der Waals surface area contributed by atoms with E-state index in [4.69, 9.17) is 0 Å². The van der Waals surface area contributed by atoms with Gasteiger partial charge in [0.2, 0.25) is 5.54 Å². The van der Waals surface area contributed by atoms with E-state index in [-0.39, 0.29) is 10.9 Å². The number of carboxylic acids is 1. The number of rotatable bonds is 6. The van der Waals surface area contributed by atoms with Gasteiger partial charge in [0.15, 0.2) is 0 Å². The molecule has 0 spiro atoms. The van der Waals surface area contributed by atoms with E-state index < -0.39 is 24.8 Å². The summed E-state index contributed by atoms with van der Waals surface area (Å²) in [4.78, 5) is 30.1. The summed E-state index contributed by atoms with van der Waals surface area (Å²) in [6.07, 6.45) is 1.36. The molecule has 2 atom stereocenters. The van der Waals surface area contributed by atoms with Gasteiger partial charge in [-0.2, -0.15) is 0 Å². The molecule has 0 aliphatic carbocycles. The van der Waals surface area contributed by atoms with Crippen molar-refractivity contribution in [2.45, 2.75) is 24.5 Å². The fourth-order valence-electron chi connectivity index (χ4n) is 2.06. The number of carboxylic acid groups (broad SMARTS) is 1. The van der Waals surface area contributed by atoms with Crippen molar-refractivity contribution in [1.29, 1.82) is 0 Å². The summed E-state index contributed by atoms with van der Waals surface area (Å²) in [6, 6.07) is 0. The van der Waals surface area contributed by atoms with Crippen molar-refractivity contribution in [2.75, 3.05) is 21.1 Å². The lowest BCUT2D eigenvalue weighted by Crippen LogP contribution is -2.67. The lowest BCUT2D eigenvalue weighted by Gasteiger charge is -2.45. The molecule has 0 rings (SSSR count). The largest absolute Gasteiger partial charge is 0.477 e. The SMILES string of the molecule is C=CCC(C(=O)O)(C(C)P(=O)(O)O)[N+](C)(C)C. The van der Waals surface area contributed by atoms with Gasteiger partial charge in [-0.3, -0.25) is 4.57 Å². The molecule has 0 heterocycles. The van der Waals surface area contributed by atoms with Gasteiger partial charge in [0.1, 0.15) is 5.66 Å². The van der Waals surface area contributed by atoms with Crippen molar-refractivity contribution < 1.29 is 28.7 Å². The summed E-state index contributed by atoms with van der Waals surface area (Å²) in [5.74, 6) is -1.24. The quantitative estimate of drug-likeness (QED) is 0.373. The first-order chi connectivity index (χ1) is 7.41. The molecule has 3 N–H and O–H groups in total. The van der Waals surface area contributed by atoms with E-state index >= 15 is 0 Å². The average Bonchev–Trinajstić information content (AvgIpc) is 2.08. The van der Waals surface area contributed by atoms with Gasteiger partial charge < -0.3 is 19.4 Å². The van der Waals surface area contributed by atoms with Gasteiger partial charge in [0.25, 0.3) is 0 Å². The lowest BCUT2D eigenvalue weighted by molar-refractivity contribution is -0.913. The second kappa shape index (κ2) is 4.90. The number of carbonyl (C=O) groups is 1. The Morgan fingerprint density at radius 1 is 1.47 bits per heavy atom. The maximum atomic E-state index is 11.5. The summed E-state index contributed by atoms with van der Waals surface area (Å²) in [7, 11) is 0.300. The maximum absolute atomic E-state index is 11.5. The highest BCUT2D eigenvalue weighted by Gasteiger charge is 2.59. The summed E-state index contributed by atoms with van der Waals surface area (Å²) < 4.78 is 11.3. The second-order valence-corrected chi connectivity index (χ2v) is 6.95. The predicted octanol–water partition coefficient (Wildman–Crippen LogP) is 0.658. The Morgan fingerprint density at radius 2 is 1.88 bits per heavy atom. The van der Waals surface area contributed by atoms with E-state index in [1.54, 1.807) is 21.1 Å². The summed E-state index contributed by atoms with van der Waals surface area (Å²) in [5.41, 5.74) is -2.90. The third-order valence-corrected chi connectivity index (χ3v) is 4.65. The third kappa shape index (κ3) is 2.96. The van der Waals surface area contributed by atoms with Crippen LogP contribution in [0.2, 0.25) is 0 Å². The van der Waals surface area contributed by atoms with Crippen LogP contribution >= 0.6 is 7.60 Å². The zero-order valence-corrected chi connectivity index (χ0v) is 11.5. The van der Waals surface area contributed by atoms with Gasteiger partial charge in [-0.15, -0.1) is 6.58 Å². The second-order valence-electron chi connectivity index (χ2n) is 5.00. The van der Waals surface area contributed by atoms with Gasteiger partial charge >= 0.3 is 13.6 Å². The first-order valence-electron chi connectivity index (χ1n) is 5.12. The van der Waals surface area contributed by atoms with Crippen LogP contribution < -0.4 is 0 Å². The molecule has 0 aromatic carbocycles. The highest BCUT2D eigenvalue weighted by Crippen LogP contribution is 2.50. The van der Waals surface area contributed by atoms with E-state index in [0.29, 0.717) is 0 Å². The first-order valence-corrected chi connectivity index (χ1v) is 6.80. The Balaban J connectivity index is 5.91. The molecule has 2 unspecified atom stereocenters. The molecule has 17 heavy (non-hydrogen) atoms. The van der Waals surface area contributed by atoms with Crippen LogP contribution in [0.1, 0.15) is 13.3 Å². The number of nitrogens with zero attached hydrogens (tertiary/aromatic N) is 1. The summed E-state index contributed by atoms with van der Waals surface area (Å²) in [6.45, 7) is 4.75. The zero-order valence-electron chi connectivity index (χ0n) is 10.6. The van der Waals surface area contributed by atoms with Crippen LogP contribution in [-0.2, 0) is 9.36 Å². The molecular weight excluding hydrogens is 245 g/mol. The van der Waals surface area contributed by atoms with Gasteiger partial charge in [0, 0.05) is 6.42 Å². The minimum Gasteiger partial charge on any atom is -0.477 e. The van der Waals surface area contributed by atoms with Crippen molar-refractivity contribution >= 4 is 13.6 Å². The molecule has 0 saturated carbocycles. The zero-order chi connectivity index (χ0) is 14.1. The standard InChI is InChI=1S/C10H20NO5P/c1-6-7-10(9(12)13,11(3,4)5)8(2)17(14,15)16/h6,8H,1,7H2,2-5H3,(H2-,12,13,14,15,16)/p+1. The smallest absolute Gasteiger partial charge is 0.367 e. The van der Waals surface area contributed by atoms with Crippen LogP contribution in [0.25, 0.3) is 0 Å². The Bertz CT molecular complexity index is 356. The highest BCUT2D eigenvalue weighted by atomic mass is 31.2. The van der Waals surface area contributed by atoms with E-state index in [1.165, 1.54) is 13.0 Å². The normalized spacial score (nSPS) is 18.2. The Hall–Kier alpha value is -0.680. The van der Waals surface area contributed by atoms with Crippen molar-refractivity contribution in [3.8, 4) is 0 Å². The van der Waals surface area contributed by atoms with Crippen LogP contribution in [0.5, 0.6) is 0 Å². The molecule has 0 aliphatic heterocycles. The summed E-state index contributed by atoms with van der Waals surface area (Å²) >= 11 is 0. The topological polar surface area (TPSA) is 94.8 Å². The summed E-state index contributed by atoms with van der Waals surface area (Å²) in [5, 5.41) is 9.42. The van der Waals surface area contributed by atoms with Crippen LogP contribution in [0.15, 0.2) is 12.7 Å². The van der Waals surface area contributed by atoms with Crippen LogP contribution in [-0.4, -0.2) is 57.7 Å². The minimum atomic E-state index is -4.50. The number of likely N-dealkylation sites (N-methyl/N-ethyl adjacent to an activating group) is 1. The van der Waals surface area contributed by atoms with Crippen LogP contribution in [0.3, 0.4) is 0 Å². The van der Waals surface area contributed by atoms with Crippen molar-refractivity contribution in [3.63, 3.8) is 0 Å². The highest BCUT2D eigenvalue weighted by molar-refractivity contribution is 7.52. The van der Waals surface area contributed by atoms with Crippen molar-refractivity contribution in [2.24, 2.45) is 0 Å². The average molecular weight is 266 g/mol. The van der Waals surface area contributed by atoms with Gasteiger partial charge in [-0.25, -0.2) is 4.79 Å². The molecule has 0 saturated heterocycles. The van der Waals surface area contributed by atoms with Gasteiger partial charge in [0.05, 0.1) is 21.1 Å². The van der Waals surface area contributed by atoms with Crippen molar-refractivity contribution in [1.82, 2.24) is 0 Å². The molecule has 6 nitrogen and oxygen atoms in total.